The van der Waals surface area contributed by atoms with Crippen LogP contribution in [0.5, 0.6) is 0 Å². The second kappa shape index (κ2) is 12.2. The summed E-state index contributed by atoms with van der Waals surface area (Å²) in [5.41, 5.74) is 0. The minimum atomic E-state index is -3.18. The summed E-state index contributed by atoms with van der Waals surface area (Å²) >= 11 is 0. The summed E-state index contributed by atoms with van der Waals surface area (Å²) in [5, 5.41) is 20.1. The molecule has 5 nitrogen and oxygen atoms in total. The van der Waals surface area contributed by atoms with E-state index in [0.717, 1.165) is 12.8 Å². The summed E-state index contributed by atoms with van der Waals surface area (Å²) in [6.45, 7) is 3.91. The molecular formula is C21H33F2NO4. The molecule has 1 saturated heterocycles. The minimum Gasteiger partial charge on any atom is -0.469 e. The first-order chi connectivity index (χ1) is 13.2. The first-order valence-corrected chi connectivity index (χ1v) is 9.87. The molecule has 0 bridgehead atoms. The third-order valence-corrected chi connectivity index (χ3v) is 5.09. The van der Waals surface area contributed by atoms with Crippen molar-refractivity contribution in [1.29, 1.82) is 0 Å². The Balaban J connectivity index is 2.54. The van der Waals surface area contributed by atoms with Gasteiger partial charge in [-0.3, -0.25) is 9.69 Å². The molecule has 160 valence electrons. The monoisotopic (exact) mass is 401 g/mol. The zero-order valence-electron chi connectivity index (χ0n) is 17.0. The molecule has 0 aromatic heterocycles. The van der Waals surface area contributed by atoms with Gasteiger partial charge in [-0.15, -0.1) is 11.8 Å². The molecular weight excluding hydrogens is 368 g/mol. The number of halogens is 2. The highest BCUT2D eigenvalue weighted by Gasteiger charge is 2.52. The van der Waals surface area contributed by atoms with Crippen LogP contribution < -0.4 is 0 Å². The van der Waals surface area contributed by atoms with Gasteiger partial charge in [0.05, 0.1) is 13.2 Å². The number of hydrogen-bond acceptors (Lipinski definition) is 5. The van der Waals surface area contributed by atoms with Gasteiger partial charge < -0.3 is 14.9 Å². The molecule has 0 aromatic carbocycles. The first kappa shape index (κ1) is 24.5. The molecule has 0 aromatic rings. The van der Waals surface area contributed by atoms with E-state index in [-0.39, 0.29) is 11.9 Å². The SMILES string of the molecule is CC#CC[C@@H](C)[C@@H](O)/C=C/[C@H]1CC(F)(F)C(O)N1CCCCCCC(=O)OC. The van der Waals surface area contributed by atoms with Gasteiger partial charge in [-0.05, 0) is 25.7 Å². The number of esters is 1. The van der Waals surface area contributed by atoms with Crippen LogP contribution in [0, 0.1) is 17.8 Å². The van der Waals surface area contributed by atoms with Crippen LogP contribution in [-0.2, 0) is 9.53 Å². The highest BCUT2D eigenvalue weighted by atomic mass is 19.3. The van der Waals surface area contributed by atoms with E-state index in [0.29, 0.717) is 32.2 Å². The van der Waals surface area contributed by atoms with Crippen molar-refractivity contribution in [3.05, 3.63) is 12.2 Å². The average Bonchev–Trinajstić information content (AvgIpc) is 2.89. The molecule has 1 unspecified atom stereocenters. The van der Waals surface area contributed by atoms with Crippen molar-refractivity contribution < 1.29 is 28.5 Å². The van der Waals surface area contributed by atoms with Gasteiger partial charge in [0.25, 0.3) is 5.92 Å². The molecule has 1 aliphatic heterocycles. The molecule has 1 fully saturated rings. The van der Waals surface area contributed by atoms with E-state index in [1.54, 1.807) is 13.0 Å². The van der Waals surface area contributed by atoms with Gasteiger partial charge in [0, 0.05) is 31.8 Å². The lowest BCUT2D eigenvalue weighted by atomic mass is 10.00. The maximum absolute atomic E-state index is 14.0. The number of unbranched alkanes of at least 4 members (excludes halogenated alkanes) is 3. The number of aliphatic hydroxyl groups excluding tert-OH is 2. The molecule has 0 spiro atoms. The number of methoxy groups -OCH3 is 1. The van der Waals surface area contributed by atoms with Gasteiger partial charge in [0.2, 0.25) is 0 Å². The van der Waals surface area contributed by atoms with Crippen molar-refractivity contribution in [3.8, 4) is 11.8 Å². The summed E-state index contributed by atoms with van der Waals surface area (Å²) in [4.78, 5) is 12.5. The summed E-state index contributed by atoms with van der Waals surface area (Å²) in [7, 11) is 1.35. The number of ether oxygens (including phenoxy) is 1. The van der Waals surface area contributed by atoms with Gasteiger partial charge in [-0.1, -0.05) is 31.9 Å². The molecule has 2 N–H and O–H groups in total. The third-order valence-electron chi connectivity index (χ3n) is 5.09. The number of carbonyl (C=O) groups is 1. The van der Waals surface area contributed by atoms with Crippen LogP contribution in [0.3, 0.4) is 0 Å². The molecule has 0 saturated carbocycles. The van der Waals surface area contributed by atoms with Gasteiger partial charge in [-0.2, -0.15) is 0 Å². The quantitative estimate of drug-likeness (QED) is 0.241. The van der Waals surface area contributed by atoms with Crippen LogP contribution in [0.25, 0.3) is 0 Å². The Morgan fingerprint density at radius 3 is 2.68 bits per heavy atom. The van der Waals surface area contributed by atoms with Gasteiger partial charge in [-0.25, -0.2) is 8.78 Å². The van der Waals surface area contributed by atoms with Crippen LogP contribution in [0.4, 0.5) is 8.78 Å². The van der Waals surface area contributed by atoms with E-state index < -0.39 is 30.7 Å². The summed E-state index contributed by atoms with van der Waals surface area (Å²) in [5.74, 6) is 2.14. The maximum Gasteiger partial charge on any atom is 0.305 e. The van der Waals surface area contributed by atoms with E-state index in [1.165, 1.54) is 18.1 Å². The number of aliphatic hydroxyl groups is 2. The standard InChI is InChI=1S/C21H33F2NO4/c1-4-5-10-16(2)18(25)13-12-17-15-21(22,23)20(27)24(17)14-9-7-6-8-11-19(26)28-3/h12-13,16-18,20,25,27H,6-11,14-15H2,1-3H3/b13-12+/t16-,17+,18+,20?/m1/s1. The number of nitrogens with zero attached hydrogens (tertiary/aromatic N) is 1. The topological polar surface area (TPSA) is 70.0 Å². The van der Waals surface area contributed by atoms with Crippen molar-refractivity contribution in [1.82, 2.24) is 4.90 Å². The molecule has 0 aliphatic carbocycles. The van der Waals surface area contributed by atoms with Crippen molar-refractivity contribution in [2.75, 3.05) is 13.7 Å². The van der Waals surface area contributed by atoms with E-state index in [1.807, 2.05) is 6.92 Å². The lowest BCUT2D eigenvalue weighted by Crippen LogP contribution is -2.41. The minimum absolute atomic E-state index is 0.0983. The fourth-order valence-electron chi connectivity index (χ4n) is 3.23. The maximum atomic E-state index is 14.0. The zero-order chi connectivity index (χ0) is 21.2. The molecule has 0 radical (unpaired) electrons. The lowest BCUT2D eigenvalue weighted by Gasteiger charge is -2.26. The Morgan fingerprint density at radius 1 is 1.36 bits per heavy atom. The number of hydrogen-bond donors (Lipinski definition) is 2. The molecule has 4 atom stereocenters. The fraction of sp³-hybridized carbons (Fsp3) is 0.762. The third kappa shape index (κ3) is 7.86. The Hall–Kier alpha value is -1.49. The second-order valence-corrected chi connectivity index (χ2v) is 7.37. The highest BCUT2D eigenvalue weighted by molar-refractivity contribution is 5.68. The molecule has 28 heavy (non-hydrogen) atoms. The highest BCUT2D eigenvalue weighted by Crippen LogP contribution is 2.37. The van der Waals surface area contributed by atoms with E-state index in [4.69, 9.17) is 0 Å². The van der Waals surface area contributed by atoms with E-state index in [2.05, 4.69) is 16.6 Å². The van der Waals surface area contributed by atoms with E-state index >= 15 is 0 Å². The Morgan fingerprint density at radius 2 is 2.04 bits per heavy atom. The predicted octanol–water partition coefficient (Wildman–Crippen LogP) is 3.10. The number of rotatable bonds is 11. The summed E-state index contributed by atoms with van der Waals surface area (Å²) in [6, 6.07) is -0.626. The molecule has 1 rings (SSSR count). The van der Waals surface area contributed by atoms with Gasteiger partial charge in [0.15, 0.2) is 6.23 Å². The molecule has 1 aliphatic rings. The first-order valence-electron chi connectivity index (χ1n) is 9.87. The normalized spacial score (nSPS) is 24.0. The van der Waals surface area contributed by atoms with Gasteiger partial charge >= 0.3 is 5.97 Å². The van der Waals surface area contributed by atoms with Crippen LogP contribution in [-0.4, -0.2) is 59.0 Å². The number of alkyl halides is 2. The van der Waals surface area contributed by atoms with Crippen molar-refractivity contribution in [3.63, 3.8) is 0 Å². The van der Waals surface area contributed by atoms with Crippen LogP contribution in [0.1, 0.15) is 58.8 Å². The van der Waals surface area contributed by atoms with Crippen LogP contribution >= 0.6 is 0 Å². The largest absolute Gasteiger partial charge is 0.469 e. The smallest absolute Gasteiger partial charge is 0.305 e. The average molecular weight is 401 g/mol. The number of likely N-dealkylation sites (tertiary alicyclic amines) is 1. The van der Waals surface area contributed by atoms with Crippen molar-refractivity contribution in [2.45, 2.75) is 83.1 Å². The lowest BCUT2D eigenvalue weighted by molar-refractivity contribution is -0.140. The molecule has 0 amide bonds. The van der Waals surface area contributed by atoms with Gasteiger partial charge in [0.1, 0.15) is 0 Å². The predicted molar refractivity (Wildman–Crippen MR) is 104 cm³/mol. The zero-order valence-corrected chi connectivity index (χ0v) is 17.0. The van der Waals surface area contributed by atoms with E-state index in [9.17, 15) is 23.8 Å². The number of carbonyl (C=O) groups excluding carboxylic acids is 1. The summed E-state index contributed by atoms with van der Waals surface area (Å²) in [6.07, 6.45) is 3.83. The van der Waals surface area contributed by atoms with Crippen molar-refractivity contribution >= 4 is 5.97 Å². The Labute approximate surface area is 166 Å². The second-order valence-electron chi connectivity index (χ2n) is 7.37. The Kier molecular flexibility index (Phi) is 10.7. The van der Waals surface area contributed by atoms with Crippen LogP contribution in [0.2, 0.25) is 0 Å². The fourth-order valence-corrected chi connectivity index (χ4v) is 3.23. The summed E-state index contributed by atoms with van der Waals surface area (Å²) < 4.78 is 32.6. The Bertz CT molecular complexity index is 570. The molecule has 7 heteroatoms. The van der Waals surface area contributed by atoms with Crippen LogP contribution in [0.15, 0.2) is 12.2 Å². The molecule has 1 heterocycles. The van der Waals surface area contributed by atoms with Crippen molar-refractivity contribution in [2.24, 2.45) is 5.92 Å².